The maximum Gasteiger partial charge on any atom is 0.0622 e. The van der Waals surface area contributed by atoms with E-state index < -0.39 is 5.60 Å². The normalized spacial score (nSPS) is 23.4. The average molecular weight is 240 g/mol. The van der Waals surface area contributed by atoms with E-state index in [1.54, 1.807) is 5.57 Å². The molecule has 0 aromatic rings. The fraction of sp³-hybridized carbons (Fsp3) is 0.867. The zero-order valence-electron chi connectivity index (χ0n) is 11.6. The van der Waals surface area contributed by atoms with Crippen molar-refractivity contribution in [1.29, 1.82) is 0 Å². The van der Waals surface area contributed by atoms with Gasteiger partial charge >= 0.3 is 0 Å². The van der Waals surface area contributed by atoms with E-state index in [9.17, 15) is 5.11 Å². The SMILES string of the molecule is CC(CO)CCCC1=CCC(C(C)(C)O)CC1. The molecule has 1 rings (SSSR count). The minimum Gasteiger partial charge on any atom is -0.396 e. The van der Waals surface area contributed by atoms with E-state index in [-0.39, 0.29) is 0 Å². The highest BCUT2D eigenvalue weighted by Crippen LogP contribution is 2.33. The second-order valence-corrected chi connectivity index (χ2v) is 6.17. The zero-order chi connectivity index (χ0) is 12.9. The first-order chi connectivity index (χ1) is 7.93. The molecule has 2 nitrogen and oxygen atoms in total. The molecule has 2 unspecified atom stereocenters. The van der Waals surface area contributed by atoms with E-state index in [2.05, 4.69) is 13.0 Å². The van der Waals surface area contributed by atoms with Gasteiger partial charge in [-0.1, -0.05) is 18.6 Å². The maximum atomic E-state index is 9.95. The van der Waals surface area contributed by atoms with Gasteiger partial charge in [0.05, 0.1) is 5.60 Å². The highest BCUT2D eigenvalue weighted by molar-refractivity contribution is 5.08. The van der Waals surface area contributed by atoms with Crippen LogP contribution in [0.15, 0.2) is 11.6 Å². The Morgan fingerprint density at radius 1 is 1.47 bits per heavy atom. The number of rotatable bonds is 6. The molecule has 0 aromatic carbocycles. The van der Waals surface area contributed by atoms with Crippen molar-refractivity contribution >= 4 is 0 Å². The minimum absolute atomic E-state index is 0.305. The number of aliphatic hydroxyl groups is 2. The van der Waals surface area contributed by atoms with Crippen molar-refractivity contribution < 1.29 is 10.2 Å². The molecule has 2 N–H and O–H groups in total. The van der Waals surface area contributed by atoms with Crippen LogP contribution < -0.4 is 0 Å². The van der Waals surface area contributed by atoms with Crippen molar-refractivity contribution in [2.45, 2.75) is 64.9 Å². The van der Waals surface area contributed by atoms with Gasteiger partial charge in [0.15, 0.2) is 0 Å². The summed E-state index contributed by atoms with van der Waals surface area (Å²) >= 11 is 0. The Morgan fingerprint density at radius 2 is 2.18 bits per heavy atom. The van der Waals surface area contributed by atoms with Crippen LogP contribution in [0.2, 0.25) is 0 Å². The number of aliphatic hydroxyl groups excluding tert-OH is 1. The smallest absolute Gasteiger partial charge is 0.0622 e. The lowest BCUT2D eigenvalue weighted by Crippen LogP contribution is -2.31. The summed E-state index contributed by atoms with van der Waals surface area (Å²) in [6, 6.07) is 0. The van der Waals surface area contributed by atoms with Gasteiger partial charge in [-0.15, -0.1) is 0 Å². The summed E-state index contributed by atoms with van der Waals surface area (Å²) in [4.78, 5) is 0. The van der Waals surface area contributed by atoms with Crippen molar-refractivity contribution in [2.24, 2.45) is 11.8 Å². The first-order valence-corrected chi connectivity index (χ1v) is 6.94. The van der Waals surface area contributed by atoms with E-state index in [0.29, 0.717) is 18.4 Å². The molecule has 0 amide bonds. The Kier molecular flexibility index (Phi) is 5.68. The van der Waals surface area contributed by atoms with Gasteiger partial charge < -0.3 is 10.2 Å². The summed E-state index contributed by atoms with van der Waals surface area (Å²) in [7, 11) is 0. The number of hydrogen-bond acceptors (Lipinski definition) is 2. The summed E-state index contributed by atoms with van der Waals surface area (Å²) in [5.41, 5.74) is 1.02. The van der Waals surface area contributed by atoms with Gasteiger partial charge in [-0.05, 0) is 64.2 Å². The van der Waals surface area contributed by atoms with Crippen molar-refractivity contribution in [3.8, 4) is 0 Å². The van der Waals surface area contributed by atoms with Gasteiger partial charge in [0, 0.05) is 6.61 Å². The van der Waals surface area contributed by atoms with Crippen molar-refractivity contribution in [3.63, 3.8) is 0 Å². The molecular formula is C15H28O2. The summed E-state index contributed by atoms with van der Waals surface area (Å²) in [5, 5.41) is 18.9. The molecule has 0 fully saturated rings. The highest BCUT2D eigenvalue weighted by Gasteiger charge is 2.27. The summed E-state index contributed by atoms with van der Waals surface area (Å²) in [6.07, 6.45) is 9.07. The Balaban J connectivity index is 2.27. The molecule has 0 spiro atoms. The molecule has 0 saturated heterocycles. The van der Waals surface area contributed by atoms with Crippen molar-refractivity contribution in [3.05, 3.63) is 11.6 Å². The van der Waals surface area contributed by atoms with E-state index in [0.717, 1.165) is 25.7 Å². The molecule has 0 aliphatic heterocycles. The monoisotopic (exact) mass is 240 g/mol. The number of allylic oxidation sites excluding steroid dienone is 2. The molecule has 100 valence electrons. The topological polar surface area (TPSA) is 40.5 Å². The standard InChI is InChI=1S/C15H28O2/c1-12(11-16)5-4-6-13-7-9-14(10-8-13)15(2,3)17/h7,12,14,16-17H,4-6,8-11H2,1-3H3. The molecule has 17 heavy (non-hydrogen) atoms. The Morgan fingerprint density at radius 3 is 2.65 bits per heavy atom. The van der Waals surface area contributed by atoms with Crippen molar-refractivity contribution in [1.82, 2.24) is 0 Å². The summed E-state index contributed by atoms with van der Waals surface area (Å²) in [6.45, 7) is 6.23. The molecule has 0 heterocycles. The fourth-order valence-corrected chi connectivity index (χ4v) is 2.53. The van der Waals surface area contributed by atoms with Crippen LogP contribution in [-0.2, 0) is 0 Å². The van der Waals surface area contributed by atoms with E-state index in [1.807, 2.05) is 13.8 Å². The molecule has 0 saturated carbocycles. The first-order valence-electron chi connectivity index (χ1n) is 6.94. The van der Waals surface area contributed by atoms with E-state index in [1.165, 1.54) is 12.8 Å². The molecule has 1 aliphatic carbocycles. The molecule has 2 heteroatoms. The molecule has 0 aromatic heterocycles. The number of hydrogen-bond donors (Lipinski definition) is 2. The maximum absolute atomic E-state index is 9.95. The van der Waals surface area contributed by atoms with E-state index >= 15 is 0 Å². The Labute approximate surface area is 106 Å². The second kappa shape index (κ2) is 6.55. The molecular weight excluding hydrogens is 212 g/mol. The molecule has 2 atom stereocenters. The zero-order valence-corrected chi connectivity index (χ0v) is 11.6. The lowest BCUT2D eigenvalue weighted by atomic mass is 9.78. The van der Waals surface area contributed by atoms with Crippen LogP contribution in [0, 0.1) is 11.8 Å². The van der Waals surface area contributed by atoms with Gasteiger partial charge in [0.25, 0.3) is 0 Å². The lowest BCUT2D eigenvalue weighted by Gasteiger charge is -2.32. The van der Waals surface area contributed by atoms with Gasteiger partial charge in [-0.2, -0.15) is 0 Å². The third-order valence-electron chi connectivity index (χ3n) is 4.01. The van der Waals surface area contributed by atoms with Gasteiger partial charge in [-0.3, -0.25) is 0 Å². The third-order valence-corrected chi connectivity index (χ3v) is 4.01. The predicted octanol–water partition coefficient (Wildman–Crippen LogP) is 3.28. The van der Waals surface area contributed by atoms with Crippen LogP contribution in [-0.4, -0.2) is 22.4 Å². The summed E-state index contributed by atoms with van der Waals surface area (Å²) in [5.74, 6) is 0.853. The van der Waals surface area contributed by atoms with Crippen LogP contribution in [0.1, 0.15) is 59.3 Å². The lowest BCUT2D eigenvalue weighted by molar-refractivity contribution is 0.0124. The van der Waals surface area contributed by atoms with Gasteiger partial charge in [0.2, 0.25) is 0 Å². The van der Waals surface area contributed by atoms with Crippen LogP contribution >= 0.6 is 0 Å². The molecule has 0 radical (unpaired) electrons. The van der Waals surface area contributed by atoms with Crippen LogP contribution in [0.4, 0.5) is 0 Å². The quantitative estimate of drug-likeness (QED) is 0.699. The second-order valence-electron chi connectivity index (χ2n) is 6.17. The minimum atomic E-state index is -0.534. The van der Waals surface area contributed by atoms with Crippen LogP contribution in [0.3, 0.4) is 0 Å². The first kappa shape index (κ1) is 14.7. The highest BCUT2D eigenvalue weighted by atomic mass is 16.3. The summed E-state index contributed by atoms with van der Waals surface area (Å²) < 4.78 is 0. The third kappa shape index (κ3) is 5.22. The van der Waals surface area contributed by atoms with Gasteiger partial charge in [0.1, 0.15) is 0 Å². The van der Waals surface area contributed by atoms with Gasteiger partial charge in [-0.25, -0.2) is 0 Å². The fourth-order valence-electron chi connectivity index (χ4n) is 2.53. The molecule has 0 bridgehead atoms. The molecule has 1 aliphatic rings. The van der Waals surface area contributed by atoms with Crippen LogP contribution in [0.25, 0.3) is 0 Å². The average Bonchev–Trinajstić information content (AvgIpc) is 2.28. The Bertz CT molecular complexity index is 250. The predicted molar refractivity (Wildman–Crippen MR) is 71.8 cm³/mol. The Hall–Kier alpha value is -0.340. The van der Waals surface area contributed by atoms with E-state index in [4.69, 9.17) is 5.11 Å². The largest absolute Gasteiger partial charge is 0.396 e. The van der Waals surface area contributed by atoms with Crippen molar-refractivity contribution in [2.75, 3.05) is 6.61 Å². The van der Waals surface area contributed by atoms with Crippen LogP contribution in [0.5, 0.6) is 0 Å².